The van der Waals surface area contributed by atoms with Crippen molar-refractivity contribution in [3.8, 4) is 34.4 Å². The topological polar surface area (TPSA) is 148 Å². The Morgan fingerprint density at radius 3 is 2.64 bits per heavy atom. The molecular weight excluding hydrogens is 523 g/mol. The number of halogens is 3. The Bertz CT molecular complexity index is 1420. The number of benzene rings is 1. The summed E-state index contributed by atoms with van der Waals surface area (Å²) in [5.74, 6) is -1.21. The maximum Gasteiger partial charge on any atom is 0.506 e. The molecule has 204 valence electrons. The third kappa shape index (κ3) is 5.91. The fraction of sp³-hybridized carbons (Fsp3) is 0.320. The number of hydrogen-bond acceptors (Lipinski definition) is 10. The molecule has 39 heavy (non-hydrogen) atoms. The van der Waals surface area contributed by atoms with Gasteiger partial charge in [-0.15, -0.1) is 0 Å². The zero-order chi connectivity index (χ0) is 27.6. The number of β-amino-alcohol motifs (C(OH)–C–C–N with tert-alkyl or cyclic N) is 1. The second-order valence-electron chi connectivity index (χ2n) is 8.92. The molecule has 4 heterocycles. The molecule has 0 spiro atoms. The molecule has 0 aliphatic carbocycles. The van der Waals surface area contributed by atoms with Gasteiger partial charge in [-0.05, 0) is 37.1 Å². The fourth-order valence-electron chi connectivity index (χ4n) is 4.43. The lowest BCUT2D eigenvalue weighted by molar-refractivity contribution is -0.137. The van der Waals surface area contributed by atoms with Crippen LogP contribution in [0.25, 0.3) is 34.4 Å². The molecule has 2 atom stereocenters. The van der Waals surface area contributed by atoms with Crippen LogP contribution in [0, 0.1) is 0 Å². The smallest absolute Gasteiger partial charge is 0.450 e. The van der Waals surface area contributed by atoms with E-state index in [1.165, 1.54) is 18.3 Å². The van der Waals surface area contributed by atoms with Crippen molar-refractivity contribution in [1.82, 2.24) is 25.2 Å². The average molecular weight is 545 g/mol. The predicted octanol–water partition coefficient (Wildman–Crippen LogP) is 4.66. The van der Waals surface area contributed by atoms with E-state index in [-0.39, 0.29) is 18.1 Å². The molecule has 4 aromatic rings. The number of alkyl halides is 3. The van der Waals surface area contributed by atoms with Crippen molar-refractivity contribution in [2.24, 2.45) is 0 Å². The highest BCUT2D eigenvalue weighted by molar-refractivity contribution is 5.69. The third-order valence-electron chi connectivity index (χ3n) is 6.22. The van der Waals surface area contributed by atoms with Crippen LogP contribution in [0.3, 0.4) is 0 Å². The van der Waals surface area contributed by atoms with E-state index in [1.54, 1.807) is 30.3 Å². The molecule has 11 nitrogen and oxygen atoms in total. The number of carbonyl (C=O) groups is 1. The highest BCUT2D eigenvalue weighted by atomic mass is 19.4. The van der Waals surface area contributed by atoms with E-state index < -0.39 is 47.4 Å². The Labute approximate surface area is 218 Å². The van der Waals surface area contributed by atoms with Crippen LogP contribution < -0.4 is 0 Å². The SMILES string of the molecule is O=C(O)O[C@H]1CCCN(CC(O)c2ccc(-c3noc(-c4onc(-c5ccccn5)c4C(F)(F)F)n3)cc2)C1. The highest BCUT2D eigenvalue weighted by Gasteiger charge is 2.43. The van der Waals surface area contributed by atoms with Crippen molar-refractivity contribution in [1.29, 1.82) is 0 Å². The molecule has 0 radical (unpaired) electrons. The summed E-state index contributed by atoms with van der Waals surface area (Å²) in [6.07, 6.45) is -4.75. The Balaban J connectivity index is 1.31. The van der Waals surface area contributed by atoms with Gasteiger partial charge in [0.05, 0.1) is 11.8 Å². The third-order valence-corrected chi connectivity index (χ3v) is 6.22. The number of pyridine rings is 1. The van der Waals surface area contributed by atoms with E-state index in [1.807, 2.05) is 4.90 Å². The number of carboxylic acid groups (broad SMARTS) is 1. The number of nitrogens with zero attached hydrogens (tertiary/aromatic N) is 5. The average Bonchev–Trinajstić information content (AvgIpc) is 3.57. The molecule has 14 heteroatoms. The van der Waals surface area contributed by atoms with Gasteiger partial charge < -0.3 is 24.0 Å². The molecule has 0 bridgehead atoms. The zero-order valence-electron chi connectivity index (χ0n) is 20.2. The van der Waals surface area contributed by atoms with Gasteiger partial charge in [0.2, 0.25) is 11.6 Å². The summed E-state index contributed by atoms with van der Waals surface area (Å²) >= 11 is 0. The summed E-state index contributed by atoms with van der Waals surface area (Å²) in [4.78, 5) is 20.7. The van der Waals surface area contributed by atoms with Gasteiger partial charge in [0.1, 0.15) is 17.4 Å². The molecule has 0 amide bonds. The molecule has 1 aliphatic heterocycles. The molecule has 5 rings (SSSR count). The standard InChI is InChI=1S/C25H22F3N5O6/c26-25(27,28)19-20(17-5-1-2-10-29-17)31-38-21(19)23-30-22(32-39-23)15-8-6-14(7-9-15)18(34)13-33-11-3-4-16(12-33)37-24(35)36/h1-2,5-10,16,18,34H,3-4,11-13H2,(H,35,36)/t16-,18?/m0/s1. The second kappa shape index (κ2) is 10.8. The Kier molecular flexibility index (Phi) is 7.30. The summed E-state index contributed by atoms with van der Waals surface area (Å²) < 4.78 is 56.7. The Morgan fingerprint density at radius 1 is 1.15 bits per heavy atom. The number of rotatable bonds is 7. The molecule has 1 unspecified atom stereocenters. The predicted molar refractivity (Wildman–Crippen MR) is 127 cm³/mol. The van der Waals surface area contributed by atoms with Crippen molar-refractivity contribution < 1.29 is 42.0 Å². The number of ether oxygens (including phenoxy) is 1. The summed E-state index contributed by atoms with van der Waals surface area (Å²) in [5.41, 5.74) is -0.678. The van der Waals surface area contributed by atoms with Crippen LogP contribution in [0.5, 0.6) is 0 Å². The summed E-state index contributed by atoms with van der Waals surface area (Å²) in [6, 6.07) is 10.9. The van der Waals surface area contributed by atoms with Crippen molar-refractivity contribution in [2.45, 2.75) is 31.2 Å². The van der Waals surface area contributed by atoms with Gasteiger partial charge in [-0.25, -0.2) is 4.79 Å². The maximum atomic E-state index is 13.9. The summed E-state index contributed by atoms with van der Waals surface area (Å²) in [5, 5.41) is 26.8. The minimum Gasteiger partial charge on any atom is -0.450 e. The van der Waals surface area contributed by atoms with Crippen LogP contribution in [-0.2, 0) is 10.9 Å². The van der Waals surface area contributed by atoms with Gasteiger partial charge in [-0.2, -0.15) is 18.2 Å². The van der Waals surface area contributed by atoms with Gasteiger partial charge in [-0.3, -0.25) is 9.88 Å². The first-order valence-corrected chi connectivity index (χ1v) is 11.9. The minimum absolute atomic E-state index is 0.0136. The normalized spacial score (nSPS) is 17.2. The van der Waals surface area contributed by atoms with E-state index in [4.69, 9.17) is 18.9 Å². The number of aromatic nitrogens is 4. The number of piperidine rings is 1. The van der Waals surface area contributed by atoms with Gasteiger partial charge >= 0.3 is 12.3 Å². The lowest BCUT2D eigenvalue weighted by atomic mass is 10.0. The van der Waals surface area contributed by atoms with Crippen LogP contribution in [0.2, 0.25) is 0 Å². The van der Waals surface area contributed by atoms with Crippen molar-refractivity contribution >= 4 is 6.16 Å². The molecule has 1 aromatic carbocycles. The van der Waals surface area contributed by atoms with E-state index in [0.29, 0.717) is 30.6 Å². The quantitative estimate of drug-likeness (QED) is 0.312. The largest absolute Gasteiger partial charge is 0.506 e. The molecule has 2 N–H and O–H groups in total. The van der Waals surface area contributed by atoms with Crippen LogP contribution in [0.15, 0.2) is 57.7 Å². The first kappa shape index (κ1) is 26.3. The van der Waals surface area contributed by atoms with Crippen LogP contribution in [0.4, 0.5) is 18.0 Å². The second-order valence-corrected chi connectivity index (χ2v) is 8.92. The number of likely N-dealkylation sites (tertiary alicyclic amines) is 1. The first-order valence-electron chi connectivity index (χ1n) is 11.9. The highest BCUT2D eigenvalue weighted by Crippen LogP contribution is 2.42. The molecule has 1 aliphatic rings. The number of hydrogen-bond donors (Lipinski definition) is 2. The van der Waals surface area contributed by atoms with E-state index in [2.05, 4.69) is 20.3 Å². The van der Waals surface area contributed by atoms with Crippen molar-refractivity contribution in [3.63, 3.8) is 0 Å². The van der Waals surface area contributed by atoms with Gasteiger partial charge in [-0.1, -0.05) is 40.6 Å². The minimum atomic E-state index is -4.83. The molecule has 3 aromatic heterocycles. The zero-order valence-corrected chi connectivity index (χ0v) is 20.2. The van der Waals surface area contributed by atoms with E-state index >= 15 is 0 Å². The lowest BCUT2D eigenvalue weighted by Crippen LogP contribution is -2.42. The number of aliphatic hydroxyl groups is 1. The Morgan fingerprint density at radius 2 is 1.95 bits per heavy atom. The van der Waals surface area contributed by atoms with E-state index in [0.717, 1.165) is 6.42 Å². The summed E-state index contributed by atoms with van der Waals surface area (Å²) in [7, 11) is 0. The maximum absolute atomic E-state index is 13.9. The van der Waals surface area contributed by atoms with Crippen LogP contribution in [0.1, 0.15) is 30.1 Å². The van der Waals surface area contributed by atoms with Crippen molar-refractivity contribution in [2.75, 3.05) is 19.6 Å². The van der Waals surface area contributed by atoms with Crippen molar-refractivity contribution in [3.05, 3.63) is 59.8 Å². The first-order chi connectivity index (χ1) is 18.7. The van der Waals surface area contributed by atoms with Gasteiger partial charge in [0.15, 0.2) is 0 Å². The van der Waals surface area contributed by atoms with Gasteiger partial charge in [0.25, 0.3) is 5.89 Å². The van der Waals surface area contributed by atoms with E-state index in [9.17, 15) is 23.1 Å². The molecule has 1 saturated heterocycles. The van der Waals surface area contributed by atoms with Gasteiger partial charge in [0, 0.05) is 24.8 Å². The monoisotopic (exact) mass is 545 g/mol. The Hall–Kier alpha value is -4.30. The number of aliphatic hydroxyl groups excluding tert-OH is 1. The summed E-state index contributed by atoms with van der Waals surface area (Å²) in [6.45, 7) is 1.36. The van der Waals surface area contributed by atoms with Crippen LogP contribution in [-0.4, -0.2) is 67.3 Å². The molecular formula is C25H22F3N5O6. The lowest BCUT2D eigenvalue weighted by Gasteiger charge is -2.33. The molecule has 1 fully saturated rings. The molecule has 0 saturated carbocycles. The van der Waals surface area contributed by atoms with Crippen LogP contribution >= 0.6 is 0 Å². The fourth-order valence-corrected chi connectivity index (χ4v) is 4.43.